The number of aliphatic imine (C=N–C) groups is 1. The average molecular weight is 556 g/mol. The van der Waals surface area contributed by atoms with E-state index in [0.717, 1.165) is 0 Å². The average Bonchev–Trinajstić information content (AvgIpc) is 3.52. The van der Waals surface area contributed by atoms with Gasteiger partial charge in [-0.1, -0.05) is 12.1 Å². The highest BCUT2D eigenvalue weighted by molar-refractivity contribution is 7.11. The van der Waals surface area contributed by atoms with Crippen molar-refractivity contribution in [3.8, 4) is 0 Å². The Labute approximate surface area is 231 Å². The number of aliphatic hydroxyl groups is 1. The van der Waals surface area contributed by atoms with E-state index in [1.54, 1.807) is 37.1 Å². The Bertz CT molecular complexity index is 1330. The Balaban J connectivity index is 1.53. The maximum atomic E-state index is 14.7. The summed E-state index contributed by atoms with van der Waals surface area (Å²) in [7, 11) is 0. The molecular formula is C28H34FN5O4S. The fraction of sp³-hybridized carbons (Fsp3) is 0.500. The van der Waals surface area contributed by atoms with E-state index in [1.165, 1.54) is 17.4 Å². The fourth-order valence-corrected chi connectivity index (χ4v) is 6.39. The number of halogens is 1. The number of hydrogen-bond acceptors (Lipinski definition) is 9. The molecule has 1 aromatic heterocycles. The fourth-order valence-electron chi connectivity index (χ4n) is 5.80. The van der Waals surface area contributed by atoms with Gasteiger partial charge in [0.15, 0.2) is 10.8 Å². The molecule has 3 atom stereocenters. The molecule has 4 heterocycles. The zero-order valence-corrected chi connectivity index (χ0v) is 23.4. The number of carbonyl (C=O) groups is 2. The van der Waals surface area contributed by atoms with Crippen LogP contribution in [0.3, 0.4) is 0 Å². The van der Waals surface area contributed by atoms with Gasteiger partial charge in [0.1, 0.15) is 17.5 Å². The van der Waals surface area contributed by atoms with Gasteiger partial charge in [-0.05, 0) is 57.9 Å². The number of nitrogens with one attached hydrogen (secondary N) is 1. The van der Waals surface area contributed by atoms with Crippen molar-refractivity contribution < 1.29 is 23.8 Å². The number of likely N-dealkylation sites (tertiary alicyclic amines) is 2. The van der Waals surface area contributed by atoms with E-state index in [1.807, 2.05) is 19.2 Å². The van der Waals surface area contributed by atoms with Gasteiger partial charge in [-0.2, -0.15) is 0 Å². The van der Waals surface area contributed by atoms with Gasteiger partial charge in [-0.25, -0.2) is 14.2 Å². The molecule has 2 fully saturated rings. The second-order valence-corrected chi connectivity index (χ2v) is 11.5. The van der Waals surface area contributed by atoms with Crippen LogP contribution in [0.4, 0.5) is 4.39 Å². The number of esters is 1. The molecular weight excluding hydrogens is 521 g/mol. The topological polar surface area (TPSA) is 107 Å². The minimum Gasteiger partial charge on any atom is -0.463 e. The predicted octanol–water partition coefficient (Wildman–Crippen LogP) is 2.80. The van der Waals surface area contributed by atoms with Crippen molar-refractivity contribution in [3.05, 3.63) is 63.0 Å². The van der Waals surface area contributed by atoms with Gasteiger partial charge in [0.25, 0.3) is 0 Å². The number of fused-ring (bicyclic) bond motifs is 1. The Morgan fingerprint density at radius 1 is 1.36 bits per heavy atom. The molecule has 0 saturated carbocycles. The first-order valence-electron chi connectivity index (χ1n) is 13.3. The summed E-state index contributed by atoms with van der Waals surface area (Å²) in [5.41, 5.74) is 0.656. The van der Waals surface area contributed by atoms with Gasteiger partial charge in [-0.15, -0.1) is 11.3 Å². The van der Waals surface area contributed by atoms with Gasteiger partial charge < -0.3 is 20.1 Å². The maximum Gasteiger partial charge on any atom is 0.338 e. The van der Waals surface area contributed by atoms with Crippen LogP contribution in [0, 0.1) is 18.7 Å². The molecule has 5 rings (SSSR count). The molecule has 208 valence electrons. The third kappa shape index (κ3) is 5.10. The molecule has 1 aromatic carbocycles. The van der Waals surface area contributed by atoms with Crippen LogP contribution in [0.2, 0.25) is 0 Å². The summed E-state index contributed by atoms with van der Waals surface area (Å²) in [6.45, 7) is 8.89. The van der Waals surface area contributed by atoms with Crippen molar-refractivity contribution in [1.82, 2.24) is 20.1 Å². The molecule has 11 heteroatoms. The number of nitrogens with zero attached hydrogens (tertiary/aromatic N) is 4. The van der Waals surface area contributed by atoms with E-state index in [-0.39, 0.29) is 44.0 Å². The highest BCUT2D eigenvalue weighted by Gasteiger charge is 2.54. The molecule has 39 heavy (non-hydrogen) atoms. The minimum atomic E-state index is -1.18. The van der Waals surface area contributed by atoms with Gasteiger partial charge in [-0.3, -0.25) is 14.7 Å². The molecule has 0 aliphatic carbocycles. The highest BCUT2D eigenvalue weighted by Crippen LogP contribution is 2.39. The van der Waals surface area contributed by atoms with Gasteiger partial charge in [0.2, 0.25) is 5.91 Å². The standard InChI is InChI=1S/C28H34FN5O4S/c1-5-38-27(36)22-21(13-33-11-9-19-26(35)34(16(2)3)15-28(19,37)14-33)31-24(25-30-10-12-39-25)32-23(22)18-7-6-8-20(29)17(18)4/h6-8,10,12,16,19,23,37H,5,9,11,13-15H2,1-4H3,(H,31,32)/t19-,23-,28-/m0/s1. The van der Waals surface area contributed by atoms with E-state index < -0.39 is 23.5 Å². The van der Waals surface area contributed by atoms with Gasteiger partial charge >= 0.3 is 5.97 Å². The van der Waals surface area contributed by atoms with Crippen LogP contribution in [-0.4, -0.2) is 82.0 Å². The molecule has 0 spiro atoms. The summed E-state index contributed by atoms with van der Waals surface area (Å²) in [5, 5.41) is 17.3. The van der Waals surface area contributed by atoms with Crippen LogP contribution in [0.1, 0.15) is 49.4 Å². The maximum absolute atomic E-state index is 14.7. The van der Waals surface area contributed by atoms with Crippen LogP contribution in [0.25, 0.3) is 0 Å². The van der Waals surface area contributed by atoms with Gasteiger partial charge in [0.05, 0.1) is 24.6 Å². The molecule has 1 amide bonds. The minimum absolute atomic E-state index is 0.00537. The highest BCUT2D eigenvalue weighted by atomic mass is 32.1. The number of amides is 1. The zero-order chi connectivity index (χ0) is 27.9. The van der Waals surface area contributed by atoms with Crippen LogP contribution >= 0.6 is 11.3 Å². The van der Waals surface area contributed by atoms with Crippen LogP contribution in [0.15, 0.2) is 46.0 Å². The first-order chi connectivity index (χ1) is 18.6. The van der Waals surface area contributed by atoms with E-state index in [2.05, 4.69) is 15.2 Å². The number of benzene rings is 1. The molecule has 0 unspecified atom stereocenters. The molecule has 2 saturated heterocycles. The number of thiazole rings is 1. The molecule has 2 N–H and O–H groups in total. The molecule has 3 aliphatic heterocycles. The van der Waals surface area contributed by atoms with Crippen molar-refractivity contribution >= 4 is 29.0 Å². The SMILES string of the molecule is CCOC(=O)C1=C(CN2CC[C@H]3C(=O)N(C(C)C)C[C@@]3(O)C2)NC(c2nccs2)=N[C@H]1c1cccc(F)c1C. The number of piperidine rings is 1. The van der Waals surface area contributed by atoms with Crippen molar-refractivity contribution in [3.63, 3.8) is 0 Å². The number of aromatic nitrogens is 1. The lowest BCUT2D eigenvalue weighted by Crippen LogP contribution is -2.55. The lowest BCUT2D eigenvalue weighted by Gasteiger charge is -2.40. The first kappa shape index (κ1) is 27.4. The van der Waals surface area contributed by atoms with E-state index in [4.69, 9.17) is 9.73 Å². The molecule has 0 bridgehead atoms. The number of ether oxygens (including phenoxy) is 1. The third-order valence-corrected chi connectivity index (χ3v) is 8.55. The lowest BCUT2D eigenvalue weighted by atomic mass is 9.83. The van der Waals surface area contributed by atoms with Crippen molar-refractivity contribution in [2.45, 2.75) is 51.8 Å². The summed E-state index contributed by atoms with van der Waals surface area (Å²) >= 11 is 1.40. The van der Waals surface area contributed by atoms with E-state index in [0.29, 0.717) is 46.2 Å². The Hall–Kier alpha value is -3.15. The quantitative estimate of drug-likeness (QED) is 0.506. The molecule has 2 aromatic rings. The normalized spacial score (nSPS) is 25.6. The van der Waals surface area contributed by atoms with Crippen molar-refractivity contribution in [2.75, 3.05) is 32.8 Å². The number of amidine groups is 1. The third-order valence-electron chi connectivity index (χ3n) is 7.77. The van der Waals surface area contributed by atoms with Crippen LogP contribution in [-0.2, 0) is 14.3 Å². The van der Waals surface area contributed by atoms with Crippen LogP contribution < -0.4 is 5.32 Å². The summed E-state index contributed by atoms with van der Waals surface area (Å²) in [4.78, 5) is 39.4. The molecule has 3 aliphatic rings. The second kappa shape index (κ2) is 10.8. The first-order valence-corrected chi connectivity index (χ1v) is 14.2. The lowest BCUT2D eigenvalue weighted by molar-refractivity contribution is -0.139. The summed E-state index contributed by atoms with van der Waals surface area (Å²) in [6.07, 6.45) is 2.19. The number of hydrogen-bond donors (Lipinski definition) is 2. The summed E-state index contributed by atoms with van der Waals surface area (Å²) in [6, 6.07) is 3.96. The van der Waals surface area contributed by atoms with E-state index in [9.17, 15) is 19.1 Å². The van der Waals surface area contributed by atoms with Crippen molar-refractivity contribution in [2.24, 2.45) is 10.9 Å². The predicted molar refractivity (Wildman–Crippen MR) is 146 cm³/mol. The van der Waals surface area contributed by atoms with E-state index >= 15 is 0 Å². The number of rotatable bonds is 7. The van der Waals surface area contributed by atoms with Crippen molar-refractivity contribution in [1.29, 1.82) is 0 Å². The zero-order valence-electron chi connectivity index (χ0n) is 22.6. The number of carbonyl (C=O) groups excluding carboxylic acids is 2. The van der Waals surface area contributed by atoms with Gasteiger partial charge in [0, 0.05) is 36.4 Å². The summed E-state index contributed by atoms with van der Waals surface area (Å²) in [5.74, 6) is -0.881. The Morgan fingerprint density at radius 2 is 2.15 bits per heavy atom. The molecule has 0 radical (unpaired) electrons. The Kier molecular flexibility index (Phi) is 7.58. The largest absolute Gasteiger partial charge is 0.463 e. The molecule has 9 nitrogen and oxygen atoms in total. The summed E-state index contributed by atoms with van der Waals surface area (Å²) < 4.78 is 20.1. The Morgan fingerprint density at radius 3 is 2.85 bits per heavy atom. The second-order valence-electron chi connectivity index (χ2n) is 10.6. The monoisotopic (exact) mass is 555 g/mol. The number of β-amino-alcohol motifs (C(OH)–C–C–N with tert-alkyl or cyclic N) is 1. The smallest absolute Gasteiger partial charge is 0.338 e. The van der Waals surface area contributed by atoms with Crippen LogP contribution in [0.5, 0.6) is 0 Å².